The lowest BCUT2D eigenvalue weighted by atomic mass is 10.1. The number of anilines is 1. The minimum Gasteiger partial charge on any atom is -0.398 e. The molecule has 0 saturated heterocycles. The number of hydrogen-bond donors (Lipinski definition) is 1. The molecule has 0 aliphatic heterocycles. The Morgan fingerprint density at radius 2 is 2.20 bits per heavy atom. The Hall–Kier alpha value is -1.43. The van der Waals surface area contributed by atoms with Gasteiger partial charge in [-0.25, -0.2) is 0 Å². The van der Waals surface area contributed by atoms with E-state index in [1.54, 1.807) is 0 Å². The van der Waals surface area contributed by atoms with Gasteiger partial charge in [0, 0.05) is 11.8 Å². The third kappa shape index (κ3) is 2.33. The van der Waals surface area contributed by atoms with E-state index in [9.17, 15) is 14.9 Å². The van der Waals surface area contributed by atoms with Crippen LogP contribution in [0, 0.1) is 10.1 Å². The molecule has 80 valence electrons. The summed E-state index contributed by atoms with van der Waals surface area (Å²) in [6.07, 6.45) is 0. The molecule has 0 spiro atoms. The molecule has 0 aliphatic rings. The highest BCUT2D eigenvalue weighted by atomic mass is 79.9. The van der Waals surface area contributed by atoms with E-state index in [2.05, 4.69) is 15.9 Å². The van der Waals surface area contributed by atoms with Crippen LogP contribution < -0.4 is 5.73 Å². The van der Waals surface area contributed by atoms with Crippen LogP contribution in [0.3, 0.4) is 0 Å². The molecule has 1 atom stereocenters. The lowest BCUT2D eigenvalue weighted by Gasteiger charge is -2.09. The van der Waals surface area contributed by atoms with Crippen LogP contribution in [0.1, 0.15) is 17.3 Å². The number of carbonyl (C=O) groups is 1. The molecule has 0 amide bonds. The second-order valence-electron chi connectivity index (χ2n) is 3.01. The Bertz CT molecular complexity index is 420. The van der Waals surface area contributed by atoms with Gasteiger partial charge in [-0.3, -0.25) is 14.9 Å². The van der Waals surface area contributed by atoms with Gasteiger partial charge in [-0.15, -0.1) is 0 Å². The highest BCUT2D eigenvalue weighted by molar-refractivity contribution is 9.09. The zero-order valence-corrected chi connectivity index (χ0v) is 9.52. The van der Waals surface area contributed by atoms with E-state index in [1.807, 2.05) is 0 Å². The van der Waals surface area contributed by atoms with E-state index in [0.29, 0.717) is 0 Å². The fourth-order valence-electron chi connectivity index (χ4n) is 1.21. The zero-order valence-electron chi connectivity index (χ0n) is 7.94. The van der Waals surface area contributed by atoms with Crippen LogP contribution >= 0.6 is 15.9 Å². The van der Waals surface area contributed by atoms with Gasteiger partial charge in [-0.2, -0.15) is 0 Å². The van der Waals surface area contributed by atoms with Crippen molar-refractivity contribution in [1.82, 2.24) is 0 Å². The third-order valence-corrected chi connectivity index (χ3v) is 3.03. The Morgan fingerprint density at radius 1 is 1.60 bits per heavy atom. The van der Waals surface area contributed by atoms with Crippen molar-refractivity contribution in [2.75, 3.05) is 5.73 Å². The summed E-state index contributed by atoms with van der Waals surface area (Å²) >= 11 is 3.09. The quantitative estimate of drug-likeness (QED) is 0.396. The Morgan fingerprint density at radius 3 is 2.67 bits per heavy atom. The van der Waals surface area contributed by atoms with Crippen LogP contribution in [0.25, 0.3) is 0 Å². The van der Waals surface area contributed by atoms with E-state index >= 15 is 0 Å². The molecule has 0 saturated carbocycles. The number of nitro groups is 1. The molecule has 0 bridgehead atoms. The largest absolute Gasteiger partial charge is 0.398 e. The Balaban J connectivity index is 3.37. The third-order valence-electron chi connectivity index (χ3n) is 1.92. The van der Waals surface area contributed by atoms with Gasteiger partial charge in [0.15, 0.2) is 0 Å². The molecule has 1 aromatic carbocycles. The average molecular weight is 273 g/mol. The Kier molecular flexibility index (Phi) is 3.41. The van der Waals surface area contributed by atoms with Gasteiger partial charge in [-0.1, -0.05) is 22.0 Å². The minimum absolute atomic E-state index is 0.146. The number of carbonyl (C=O) groups excluding carboxylic acids is 1. The molecule has 1 rings (SSSR count). The number of benzene rings is 1. The maximum absolute atomic E-state index is 11.1. The number of nitrogens with zero attached hydrogens (tertiary/aromatic N) is 1. The smallest absolute Gasteiger partial charge is 0.276 e. The molecule has 5 nitrogen and oxygen atoms in total. The molecule has 0 heterocycles. The first-order chi connectivity index (χ1) is 6.95. The van der Waals surface area contributed by atoms with Gasteiger partial charge in [-0.05, 0) is 13.0 Å². The first kappa shape index (κ1) is 11.6. The Labute approximate surface area is 94.5 Å². The maximum Gasteiger partial charge on any atom is 0.276 e. The zero-order chi connectivity index (χ0) is 11.6. The molecule has 0 fully saturated rings. The number of Topliss-reactive ketones (excluding diaryl/α,β-unsaturated/α-hetero) is 1. The fraction of sp³-hybridized carbons (Fsp3) is 0.222. The lowest BCUT2D eigenvalue weighted by Crippen LogP contribution is -2.08. The van der Waals surface area contributed by atoms with E-state index in [4.69, 9.17) is 5.73 Å². The van der Waals surface area contributed by atoms with Gasteiger partial charge in [0.05, 0.1) is 10.5 Å². The molecule has 15 heavy (non-hydrogen) atoms. The highest BCUT2D eigenvalue weighted by Gasteiger charge is 2.25. The van der Waals surface area contributed by atoms with Crippen molar-refractivity contribution in [1.29, 1.82) is 0 Å². The normalized spacial score (nSPS) is 12.1. The number of ketones is 1. The number of hydrogen-bond acceptors (Lipinski definition) is 4. The van der Waals surface area contributed by atoms with Crippen molar-refractivity contribution >= 4 is 33.1 Å². The predicted octanol–water partition coefficient (Wildman–Crippen LogP) is 2.20. The number of nitrogens with two attached hydrogens (primary N) is 1. The standard InChI is InChI=1S/C9H9BrN2O3/c1-5(13)9(10)8-6(11)3-2-4-7(8)12(14)15/h2-4,9H,11H2,1H3. The van der Waals surface area contributed by atoms with Gasteiger partial charge in [0.25, 0.3) is 5.69 Å². The average Bonchev–Trinajstić information content (AvgIpc) is 2.16. The summed E-state index contributed by atoms with van der Waals surface area (Å²) in [7, 11) is 0. The van der Waals surface area contributed by atoms with Crippen LogP contribution in [0.4, 0.5) is 11.4 Å². The maximum atomic E-state index is 11.1. The number of halogens is 1. The topological polar surface area (TPSA) is 86.2 Å². The number of alkyl halides is 1. The summed E-state index contributed by atoms with van der Waals surface area (Å²) < 4.78 is 0. The van der Waals surface area contributed by atoms with Crippen molar-refractivity contribution in [3.05, 3.63) is 33.9 Å². The van der Waals surface area contributed by atoms with Crippen LogP contribution in [-0.4, -0.2) is 10.7 Å². The molecule has 1 unspecified atom stereocenters. The number of nitrogen functional groups attached to an aromatic ring is 1. The van der Waals surface area contributed by atoms with E-state index in [-0.39, 0.29) is 22.7 Å². The van der Waals surface area contributed by atoms with Crippen molar-refractivity contribution in [3.8, 4) is 0 Å². The van der Waals surface area contributed by atoms with Crippen LogP contribution in [0.15, 0.2) is 18.2 Å². The van der Waals surface area contributed by atoms with E-state index < -0.39 is 9.75 Å². The van der Waals surface area contributed by atoms with Crippen LogP contribution in [0.5, 0.6) is 0 Å². The van der Waals surface area contributed by atoms with Crippen LogP contribution in [0.2, 0.25) is 0 Å². The summed E-state index contributed by atoms with van der Waals surface area (Å²) in [5.41, 5.74) is 5.92. The van der Waals surface area contributed by atoms with Gasteiger partial charge in [0.2, 0.25) is 0 Å². The SMILES string of the molecule is CC(=O)C(Br)c1c(N)cccc1[N+](=O)[O-]. The molecule has 0 aromatic heterocycles. The predicted molar refractivity (Wildman–Crippen MR) is 59.9 cm³/mol. The monoisotopic (exact) mass is 272 g/mol. The summed E-state index contributed by atoms with van der Waals surface area (Å²) in [6.45, 7) is 1.34. The van der Waals surface area contributed by atoms with Crippen molar-refractivity contribution in [2.24, 2.45) is 0 Å². The molecule has 1 aromatic rings. The molecule has 6 heteroatoms. The molecular weight excluding hydrogens is 264 g/mol. The first-order valence-electron chi connectivity index (χ1n) is 4.12. The summed E-state index contributed by atoms with van der Waals surface area (Å²) in [5.74, 6) is -0.226. The first-order valence-corrected chi connectivity index (χ1v) is 5.04. The summed E-state index contributed by atoms with van der Waals surface area (Å²) in [5, 5.41) is 10.7. The van der Waals surface area contributed by atoms with Crippen LogP contribution in [-0.2, 0) is 4.79 Å². The van der Waals surface area contributed by atoms with Gasteiger partial charge < -0.3 is 5.73 Å². The fourth-order valence-corrected chi connectivity index (χ4v) is 1.71. The second-order valence-corrected chi connectivity index (χ2v) is 3.93. The van der Waals surface area contributed by atoms with Gasteiger partial charge in [0.1, 0.15) is 10.6 Å². The van der Waals surface area contributed by atoms with Crippen molar-refractivity contribution in [2.45, 2.75) is 11.8 Å². The number of rotatable bonds is 3. The summed E-state index contributed by atoms with van der Waals surface area (Å²) in [4.78, 5) is 20.6. The van der Waals surface area contributed by atoms with Crippen molar-refractivity contribution < 1.29 is 9.72 Å². The minimum atomic E-state index is -0.737. The van der Waals surface area contributed by atoms with Gasteiger partial charge >= 0.3 is 0 Å². The summed E-state index contributed by atoms with van der Waals surface area (Å²) in [6, 6.07) is 4.33. The highest BCUT2D eigenvalue weighted by Crippen LogP contribution is 2.35. The van der Waals surface area contributed by atoms with E-state index in [1.165, 1.54) is 25.1 Å². The molecule has 0 radical (unpaired) electrons. The van der Waals surface area contributed by atoms with Crippen molar-refractivity contribution in [3.63, 3.8) is 0 Å². The molecular formula is C9H9BrN2O3. The lowest BCUT2D eigenvalue weighted by molar-refractivity contribution is -0.385. The second kappa shape index (κ2) is 4.39. The van der Waals surface area contributed by atoms with E-state index in [0.717, 1.165) is 0 Å². The number of nitro benzene ring substituents is 1. The molecule has 2 N–H and O–H groups in total. The molecule has 0 aliphatic carbocycles.